The predicted octanol–water partition coefficient (Wildman–Crippen LogP) is 0.0522. The summed E-state index contributed by atoms with van der Waals surface area (Å²) in [6.07, 6.45) is 0.114. The Balaban J connectivity index is 0.00000196. The number of aliphatic carboxylic acids is 1. The molecule has 1 atom stereocenters. The van der Waals surface area contributed by atoms with Gasteiger partial charge in [-0.15, -0.1) is 0 Å². The van der Waals surface area contributed by atoms with Crippen molar-refractivity contribution in [2.45, 2.75) is 12.5 Å². The molecule has 0 aliphatic rings. The fraction of sp³-hybridized carbons (Fsp3) is 0.222. The van der Waals surface area contributed by atoms with Gasteiger partial charge in [-0.05, 0) is 24.1 Å². The Morgan fingerprint density at radius 1 is 1.33 bits per heavy atom. The molecule has 1 rings (SSSR count). The number of carbonyl (C=O) groups is 1. The van der Waals surface area contributed by atoms with Crippen molar-refractivity contribution >= 4 is 5.97 Å². The third-order valence-corrected chi connectivity index (χ3v) is 1.81. The maximum atomic E-state index is 10.4. The van der Waals surface area contributed by atoms with E-state index in [-0.39, 0.29) is 54.8 Å². The Bertz CT molecular complexity index is 356. The standard InChI is InChI=1S/C9H11NO4.Lu/c10-6(9(13)14)3-5-1-2-7(11)8(12)4-5;/h1-2,4,6,11-12H,3,10H2,(H,13,14);/t6-;/m0./s1. The van der Waals surface area contributed by atoms with Crippen LogP contribution in [-0.4, -0.2) is 27.3 Å². The Morgan fingerprint density at radius 2 is 1.93 bits per heavy atom. The monoisotopic (exact) mass is 372 g/mol. The number of hydrogen-bond donors (Lipinski definition) is 4. The summed E-state index contributed by atoms with van der Waals surface area (Å²) in [7, 11) is 0. The molecule has 91 valence electrons. The van der Waals surface area contributed by atoms with E-state index in [1.165, 1.54) is 18.2 Å². The minimum Gasteiger partial charge on any atom is -0.504 e. The summed E-state index contributed by atoms with van der Waals surface area (Å²) in [6, 6.07) is 3.09. The van der Waals surface area contributed by atoms with Crippen LogP contribution in [-0.2, 0) is 11.2 Å². The summed E-state index contributed by atoms with van der Waals surface area (Å²) in [5.41, 5.74) is 5.86. The van der Waals surface area contributed by atoms with Crippen LogP contribution in [0.3, 0.4) is 0 Å². The molecule has 0 spiro atoms. The van der Waals surface area contributed by atoms with E-state index in [0.717, 1.165) is 0 Å². The number of benzene rings is 1. The number of phenolic OH excluding ortho intramolecular Hbond substituents is 2. The molecule has 15 heavy (non-hydrogen) atoms. The Labute approximate surface area is 116 Å². The fourth-order valence-corrected chi connectivity index (χ4v) is 1.04. The zero-order valence-corrected chi connectivity index (χ0v) is 9.26. The van der Waals surface area contributed by atoms with Crippen LogP contribution in [0.2, 0.25) is 0 Å². The minimum absolute atomic E-state index is 0. The van der Waals surface area contributed by atoms with Crippen LogP contribution in [0.4, 0.5) is 0 Å². The van der Waals surface area contributed by atoms with Crippen molar-refractivity contribution in [1.29, 1.82) is 0 Å². The van der Waals surface area contributed by atoms with Crippen molar-refractivity contribution in [1.82, 2.24) is 0 Å². The van der Waals surface area contributed by atoms with Gasteiger partial charge in [-0.2, -0.15) is 0 Å². The molecule has 0 unspecified atom stereocenters. The predicted molar refractivity (Wildman–Crippen MR) is 49.1 cm³/mol. The molecule has 1 aromatic rings. The van der Waals surface area contributed by atoms with Crippen LogP contribution < -0.4 is 5.73 Å². The van der Waals surface area contributed by atoms with Crippen LogP contribution in [0, 0.1) is 36.9 Å². The van der Waals surface area contributed by atoms with Crippen molar-refractivity contribution in [3.63, 3.8) is 0 Å². The van der Waals surface area contributed by atoms with Gasteiger partial charge >= 0.3 is 5.97 Å². The molecule has 1 aromatic carbocycles. The molecular weight excluding hydrogens is 361 g/mol. The van der Waals surface area contributed by atoms with Gasteiger partial charge in [0.25, 0.3) is 0 Å². The molecule has 0 aliphatic heterocycles. The first-order valence-corrected chi connectivity index (χ1v) is 4.00. The van der Waals surface area contributed by atoms with Crippen LogP contribution in [0.5, 0.6) is 11.5 Å². The van der Waals surface area contributed by atoms with E-state index in [1.54, 1.807) is 0 Å². The van der Waals surface area contributed by atoms with Crippen molar-refractivity contribution < 1.29 is 57.0 Å². The second-order valence-corrected chi connectivity index (χ2v) is 2.97. The second kappa shape index (κ2) is 6.15. The number of aromatic hydroxyl groups is 2. The molecule has 5 nitrogen and oxygen atoms in total. The number of hydrogen-bond acceptors (Lipinski definition) is 4. The first-order chi connectivity index (χ1) is 6.50. The molecule has 5 N–H and O–H groups in total. The van der Waals surface area contributed by atoms with Gasteiger partial charge in [0.1, 0.15) is 6.04 Å². The van der Waals surface area contributed by atoms with Crippen molar-refractivity contribution in [2.24, 2.45) is 5.73 Å². The van der Waals surface area contributed by atoms with Crippen LogP contribution in [0.1, 0.15) is 5.56 Å². The Hall–Kier alpha value is -0.516. The number of nitrogens with two attached hydrogens (primary N) is 1. The van der Waals surface area contributed by atoms with Gasteiger partial charge in [0.05, 0.1) is 0 Å². The van der Waals surface area contributed by atoms with Gasteiger partial charge in [-0.1, -0.05) is 6.07 Å². The summed E-state index contributed by atoms with van der Waals surface area (Å²) in [5, 5.41) is 26.6. The molecule has 0 aromatic heterocycles. The maximum absolute atomic E-state index is 10.4. The smallest absolute Gasteiger partial charge is 0.320 e. The third-order valence-electron chi connectivity index (χ3n) is 1.81. The van der Waals surface area contributed by atoms with E-state index in [9.17, 15) is 4.79 Å². The van der Waals surface area contributed by atoms with Crippen molar-refractivity contribution in [2.75, 3.05) is 0 Å². The third kappa shape index (κ3) is 4.24. The SMILES string of the molecule is N[C@@H](Cc1ccc(O)c(O)c1)C(=O)O.[Lu]. The average molecular weight is 372 g/mol. The van der Waals surface area contributed by atoms with Gasteiger partial charge in [0, 0.05) is 36.9 Å². The first kappa shape index (κ1) is 14.5. The first-order valence-electron chi connectivity index (χ1n) is 4.00. The van der Waals surface area contributed by atoms with Crippen molar-refractivity contribution in [3.05, 3.63) is 23.8 Å². The minimum atomic E-state index is -1.10. The van der Waals surface area contributed by atoms with Crippen LogP contribution in [0.25, 0.3) is 0 Å². The summed E-state index contributed by atoms with van der Waals surface area (Å²) >= 11 is 0. The molecule has 0 amide bonds. The summed E-state index contributed by atoms with van der Waals surface area (Å²) in [4.78, 5) is 10.4. The van der Waals surface area contributed by atoms with E-state index >= 15 is 0 Å². The summed E-state index contributed by atoms with van der Waals surface area (Å²) < 4.78 is 0. The number of phenols is 2. The summed E-state index contributed by atoms with van der Waals surface area (Å²) in [6.45, 7) is 0. The number of carboxylic acid groups (broad SMARTS) is 1. The van der Waals surface area contributed by atoms with Gasteiger partial charge in [-0.3, -0.25) is 4.79 Å². The number of carboxylic acids is 1. The van der Waals surface area contributed by atoms with Gasteiger partial charge in [0.2, 0.25) is 0 Å². The normalized spacial score (nSPS) is 11.5. The Morgan fingerprint density at radius 3 is 2.40 bits per heavy atom. The molecule has 0 saturated carbocycles. The molecule has 0 saturated heterocycles. The molecule has 6 heteroatoms. The quantitative estimate of drug-likeness (QED) is 0.562. The average Bonchev–Trinajstić information content (AvgIpc) is 2.11. The maximum Gasteiger partial charge on any atom is 0.320 e. The summed E-state index contributed by atoms with van der Waals surface area (Å²) in [5.74, 6) is -1.62. The fourth-order valence-electron chi connectivity index (χ4n) is 1.04. The molecule has 0 aliphatic carbocycles. The van der Waals surface area contributed by atoms with Gasteiger partial charge in [0.15, 0.2) is 11.5 Å². The zero-order chi connectivity index (χ0) is 10.7. The molecule has 0 bridgehead atoms. The van der Waals surface area contributed by atoms with E-state index in [4.69, 9.17) is 21.1 Å². The van der Waals surface area contributed by atoms with Gasteiger partial charge in [-0.25, -0.2) is 0 Å². The van der Waals surface area contributed by atoms with E-state index in [1.807, 2.05) is 0 Å². The van der Waals surface area contributed by atoms with E-state index in [2.05, 4.69) is 0 Å². The number of rotatable bonds is 3. The molecular formula is C9H11LuNO4. The van der Waals surface area contributed by atoms with Crippen LogP contribution >= 0.6 is 0 Å². The zero-order valence-electron chi connectivity index (χ0n) is 7.60. The second-order valence-electron chi connectivity index (χ2n) is 2.97. The van der Waals surface area contributed by atoms with Crippen molar-refractivity contribution in [3.8, 4) is 11.5 Å². The largest absolute Gasteiger partial charge is 0.504 e. The topological polar surface area (TPSA) is 104 Å². The Kier molecular flexibility index (Phi) is 5.94. The van der Waals surface area contributed by atoms with E-state index < -0.39 is 12.0 Å². The molecule has 1 radical (unpaired) electrons. The van der Waals surface area contributed by atoms with E-state index in [0.29, 0.717) is 5.56 Å². The van der Waals surface area contributed by atoms with Crippen LogP contribution in [0.15, 0.2) is 18.2 Å². The molecule has 0 fully saturated rings. The van der Waals surface area contributed by atoms with Gasteiger partial charge < -0.3 is 21.1 Å². The molecule has 0 heterocycles.